The van der Waals surface area contributed by atoms with Crippen LogP contribution in [0, 0.1) is 5.92 Å². The van der Waals surface area contributed by atoms with Crippen LogP contribution in [0.2, 0.25) is 0 Å². The topological polar surface area (TPSA) is 91.8 Å². The average Bonchev–Trinajstić information content (AvgIpc) is 3.58. The zero-order chi connectivity index (χ0) is 22.3. The summed E-state index contributed by atoms with van der Waals surface area (Å²) in [5.41, 5.74) is 1.06. The fourth-order valence-corrected chi connectivity index (χ4v) is 4.43. The molecule has 2 aliphatic heterocycles. The molecular formula is C24H26N4O4. The summed E-state index contributed by atoms with van der Waals surface area (Å²) in [5.74, 6) is 0.694. The molecule has 3 aliphatic rings. The molecule has 32 heavy (non-hydrogen) atoms. The largest absolute Gasteiger partial charge is 0.477 e. The summed E-state index contributed by atoms with van der Waals surface area (Å²) >= 11 is 0. The van der Waals surface area contributed by atoms with Crippen LogP contribution in [0.3, 0.4) is 0 Å². The van der Waals surface area contributed by atoms with Gasteiger partial charge in [0.05, 0.1) is 17.9 Å². The van der Waals surface area contributed by atoms with Gasteiger partial charge in [0.25, 0.3) is 5.91 Å². The number of nitrogens with one attached hydrogen (secondary N) is 1. The lowest BCUT2D eigenvalue weighted by atomic mass is 9.98. The minimum absolute atomic E-state index is 0.0343. The highest BCUT2D eigenvalue weighted by atomic mass is 16.5. The van der Waals surface area contributed by atoms with Crippen molar-refractivity contribution in [2.45, 2.75) is 44.8 Å². The van der Waals surface area contributed by atoms with Crippen LogP contribution in [0.5, 0.6) is 5.88 Å². The van der Waals surface area contributed by atoms with Gasteiger partial charge in [-0.2, -0.15) is 0 Å². The Morgan fingerprint density at radius 3 is 2.78 bits per heavy atom. The molecule has 2 aromatic rings. The van der Waals surface area contributed by atoms with Crippen molar-refractivity contribution >= 4 is 23.4 Å². The number of hydrogen-bond donors (Lipinski definition) is 1. The minimum atomic E-state index is -0.845. The smallest absolute Gasteiger partial charge is 0.258 e. The van der Waals surface area contributed by atoms with E-state index in [1.165, 1.54) is 17.7 Å². The van der Waals surface area contributed by atoms with Crippen molar-refractivity contribution in [3.8, 4) is 5.88 Å². The van der Waals surface area contributed by atoms with Gasteiger partial charge in [0.15, 0.2) is 0 Å². The second kappa shape index (κ2) is 7.93. The summed E-state index contributed by atoms with van der Waals surface area (Å²) in [6, 6.07) is 10.7. The van der Waals surface area contributed by atoms with Gasteiger partial charge in [0.1, 0.15) is 12.2 Å². The lowest BCUT2D eigenvalue weighted by molar-refractivity contribution is -0.124. The third kappa shape index (κ3) is 3.70. The van der Waals surface area contributed by atoms with E-state index in [9.17, 15) is 14.4 Å². The highest BCUT2D eigenvalue weighted by molar-refractivity contribution is 6.11. The van der Waals surface area contributed by atoms with Gasteiger partial charge < -0.3 is 15.0 Å². The zero-order valence-electron chi connectivity index (χ0n) is 18.0. The summed E-state index contributed by atoms with van der Waals surface area (Å²) in [6.45, 7) is 2.73. The van der Waals surface area contributed by atoms with Crippen molar-refractivity contribution < 1.29 is 19.1 Å². The number of carbonyl (C=O) groups excluding carboxylic acids is 3. The first-order valence-corrected chi connectivity index (χ1v) is 11.0. The number of nitrogens with zero attached hydrogens (tertiary/aromatic N) is 3. The van der Waals surface area contributed by atoms with Gasteiger partial charge in [-0.3, -0.25) is 19.3 Å². The van der Waals surface area contributed by atoms with Crippen molar-refractivity contribution in [2.24, 2.45) is 5.92 Å². The number of hydrogen-bond acceptors (Lipinski definition) is 5. The van der Waals surface area contributed by atoms with Crippen LogP contribution in [-0.4, -0.2) is 46.4 Å². The van der Waals surface area contributed by atoms with Crippen molar-refractivity contribution in [1.82, 2.24) is 15.2 Å². The Labute approximate surface area is 186 Å². The highest BCUT2D eigenvalue weighted by Crippen LogP contribution is 2.43. The molecule has 1 atom stereocenters. The van der Waals surface area contributed by atoms with E-state index in [0.717, 1.165) is 5.56 Å². The molecule has 1 N–H and O–H groups in total. The van der Waals surface area contributed by atoms with E-state index in [4.69, 9.17) is 4.74 Å². The van der Waals surface area contributed by atoms with E-state index in [1.807, 2.05) is 19.1 Å². The molecule has 0 bridgehead atoms. The van der Waals surface area contributed by atoms with Crippen LogP contribution in [0.4, 0.5) is 5.69 Å². The van der Waals surface area contributed by atoms with Gasteiger partial charge in [-0.25, -0.2) is 4.98 Å². The summed E-state index contributed by atoms with van der Waals surface area (Å²) in [6.07, 6.45) is 4.96. The first kappa shape index (κ1) is 20.5. The molecule has 2 fully saturated rings. The highest BCUT2D eigenvalue weighted by Gasteiger charge is 2.53. The van der Waals surface area contributed by atoms with Gasteiger partial charge in [-0.05, 0) is 49.8 Å². The lowest BCUT2D eigenvalue weighted by Gasteiger charge is -2.48. The first-order chi connectivity index (χ1) is 15.5. The Hall–Kier alpha value is -3.42. The Balaban J connectivity index is 1.24. The van der Waals surface area contributed by atoms with Gasteiger partial charge in [-0.15, -0.1) is 0 Å². The number of rotatable bonds is 7. The lowest BCUT2D eigenvalue weighted by Crippen LogP contribution is -2.63. The maximum atomic E-state index is 13.2. The van der Waals surface area contributed by atoms with Crippen LogP contribution in [-0.2, 0) is 16.1 Å². The van der Waals surface area contributed by atoms with E-state index in [-0.39, 0.29) is 24.3 Å². The molecule has 0 spiro atoms. The molecule has 166 valence electrons. The number of para-hydroxylation sites is 1. The molecule has 5 rings (SSSR count). The summed E-state index contributed by atoms with van der Waals surface area (Å²) in [4.78, 5) is 46.1. The molecule has 1 unspecified atom stereocenters. The van der Waals surface area contributed by atoms with E-state index in [0.29, 0.717) is 49.0 Å². The maximum absolute atomic E-state index is 13.2. The molecule has 8 nitrogen and oxygen atoms in total. The molecule has 1 aromatic carbocycles. The second-order valence-electron chi connectivity index (χ2n) is 8.89. The van der Waals surface area contributed by atoms with Crippen molar-refractivity contribution in [2.75, 3.05) is 18.1 Å². The van der Waals surface area contributed by atoms with Crippen LogP contribution in [0.15, 0.2) is 42.6 Å². The maximum Gasteiger partial charge on any atom is 0.258 e. The molecule has 1 aromatic heterocycles. The number of amides is 3. The summed E-state index contributed by atoms with van der Waals surface area (Å²) in [7, 11) is 0. The van der Waals surface area contributed by atoms with E-state index in [2.05, 4.69) is 10.3 Å². The van der Waals surface area contributed by atoms with Crippen LogP contribution in [0.1, 0.15) is 48.5 Å². The van der Waals surface area contributed by atoms with Crippen LogP contribution >= 0.6 is 0 Å². The van der Waals surface area contributed by atoms with E-state index >= 15 is 0 Å². The number of ether oxygens (including phenoxy) is 1. The van der Waals surface area contributed by atoms with Gasteiger partial charge in [0.2, 0.25) is 17.7 Å². The molecule has 3 amide bonds. The Morgan fingerprint density at radius 2 is 2.03 bits per heavy atom. The Kier molecular flexibility index (Phi) is 5.07. The number of pyridine rings is 1. The number of carbonyl (C=O) groups is 3. The zero-order valence-corrected chi connectivity index (χ0v) is 18.0. The van der Waals surface area contributed by atoms with Gasteiger partial charge in [-0.1, -0.05) is 18.2 Å². The third-order valence-electron chi connectivity index (χ3n) is 6.50. The van der Waals surface area contributed by atoms with Crippen LogP contribution < -0.4 is 15.0 Å². The van der Waals surface area contributed by atoms with E-state index < -0.39 is 5.66 Å². The fourth-order valence-electron chi connectivity index (χ4n) is 4.43. The number of benzene rings is 1. The number of anilines is 1. The number of aromatic nitrogens is 1. The van der Waals surface area contributed by atoms with E-state index in [1.54, 1.807) is 35.4 Å². The molecule has 8 heteroatoms. The molecule has 3 heterocycles. The van der Waals surface area contributed by atoms with Gasteiger partial charge in [0, 0.05) is 25.2 Å². The Bertz CT molecular complexity index is 1070. The third-order valence-corrected chi connectivity index (χ3v) is 6.50. The second-order valence-corrected chi connectivity index (χ2v) is 8.89. The minimum Gasteiger partial charge on any atom is -0.477 e. The molecule has 1 saturated heterocycles. The number of fused-ring (bicyclic) bond motifs is 3. The van der Waals surface area contributed by atoms with Gasteiger partial charge >= 0.3 is 0 Å². The molecule has 0 radical (unpaired) electrons. The standard InChI is InChI=1S/C24H26N4O4/c1-24-11-10-22(30)28(24)19-5-3-2-4-18(19)23(31)27(24)14-20(29)25-12-17-8-9-21(26-13-17)32-15-16-6-7-16/h2-5,8-9,13,16H,6-7,10-12,14-15H2,1H3,(H,25,29). The Morgan fingerprint density at radius 1 is 1.22 bits per heavy atom. The van der Waals surface area contributed by atoms with Crippen molar-refractivity contribution in [1.29, 1.82) is 0 Å². The predicted molar refractivity (Wildman–Crippen MR) is 117 cm³/mol. The average molecular weight is 434 g/mol. The first-order valence-electron chi connectivity index (χ1n) is 11.0. The predicted octanol–water partition coefficient (Wildman–Crippen LogP) is 2.49. The fraction of sp³-hybridized carbons (Fsp3) is 0.417. The van der Waals surface area contributed by atoms with Crippen molar-refractivity contribution in [3.05, 3.63) is 53.7 Å². The molecular weight excluding hydrogens is 408 g/mol. The summed E-state index contributed by atoms with van der Waals surface area (Å²) in [5, 5.41) is 2.86. The molecule has 1 saturated carbocycles. The SMILES string of the molecule is CC12CCC(=O)N1c1ccccc1C(=O)N2CC(=O)NCc1ccc(OCC2CC2)nc1. The molecule has 1 aliphatic carbocycles. The monoisotopic (exact) mass is 434 g/mol. The normalized spacial score (nSPS) is 21.9. The summed E-state index contributed by atoms with van der Waals surface area (Å²) < 4.78 is 5.64. The quantitative estimate of drug-likeness (QED) is 0.723. The van der Waals surface area contributed by atoms with Crippen LogP contribution in [0.25, 0.3) is 0 Å². The van der Waals surface area contributed by atoms with Crippen molar-refractivity contribution in [3.63, 3.8) is 0 Å².